The fourth-order valence-corrected chi connectivity index (χ4v) is 2.92. The lowest BCUT2D eigenvalue weighted by atomic mass is 10.2. The number of aliphatic hydroxyl groups is 1. The van der Waals surface area contributed by atoms with Crippen molar-refractivity contribution in [2.75, 3.05) is 17.2 Å². The second-order valence-corrected chi connectivity index (χ2v) is 6.25. The number of aliphatic hydroxyl groups excluding tert-OH is 1. The number of aryl methyl sites for hydroxylation is 1. The van der Waals surface area contributed by atoms with Crippen LogP contribution in [0.2, 0.25) is 0 Å². The monoisotopic (exact) mass is 385 g/mol. The average Bonchev–Trinajstić information content (AvgIpc) is 3.14. The highest BCUT2D eigenvalue weighted by Crippen LogP contribution is 2.36. The van der Waals surface area contributed by atoms with E-state index in [2.05, 4.69) is 25.6 Å². The number of nitrogens with zero attached hydrogens (tertiary/aromatic N) is 5. The number of fused-ring (bicyclic) bond motifs is 1. The Morgan fingerprint density at radius 1 is 1.29 bits per heavy atom. The molecule has 3 aromatic rings. The predicted molar refractivity (Wildman–Crippen MR) is 106 cm³/mol. The number of pyridine rings is 2. The third-order valence-electron chi connectivity index (χ3n) is 4.47. The zero-order chi connectivity index (χ0) is 20.1. The first kappa shape index (κ1) is 19.5. The van der Waals surface area contributed by atoms with Crippen LogP contribution in [0.1, 0.15) is 26.0 Å². The average molecular weight is 385 g/mol. The number of rotatable bonds is 9. The maximum absolute atomic E-state index is 11.8. The molecule has 0 aliphatic rings. The molecule has 0 aromatic carbocycles. The first-order valence-electron chi connectivity index (χ1n) is 9.13. The lowest BCUT2D eigenvalue weighted by Gasteiger charge is -2.17. The molecule has 3 heterocycles. The molecule has 1 unspecified atom stereocenters. The predicted octanol–water partition coefficient (Wildman–Crippen LogP) is 2.55. The van der Waals surface area contributed by atoms with Crippen LogP contribution in [0.5, 0.6) is 0 Å². The van der Waals surface area contributed by atoms with Crippen molar-refractivity contribution in [3.05, 3.63) is 46.5 Å². The van der Waals surface area contributed by atoms with E-state index in [1.165, 1.54) is 0 Å². The lowest BCUT2D eigenvalue weighted by molar-refractivity contribution is -0.382. The third kappa shape index (κ3) is 3.86. The quantitative estimate of drug-likeness (QED) is 0.378. The Morgan fingerprint density at radius 2 is 2.11 bits per heavy atom. The summed E-state index contributed by atoms with van der Waals surface area (Å²) < 4.78 is 1.71. The first-order valence-corrected chi connectivity index (χ1v) is 9.13. The number of hydrogen-bond donors (Lipinski definition) is 3. The molecule has 3 rings (SSSR count). The summed E-state index contributed by atoms with van der Waals surface area (Å²) in [6.45, 7) is 4.54. The summed E-state index contributed by atoms with van der Waals surface area (Å²) in [7, 11) is 0. The molecular formula is C18H23N7O3. The van der Waals surface area contributed by atoms with Crippen molar-refractivity contribution in [1.29, 1.82) is 0 Å². The van der Waals surface area contributed by atoms with E-state index >= 15 is 0 Å². The Balaban J connectivity index is 2.10. The van der Waals surface area contributed by atoms with Gasteiger partial charge in [-0.3, -0.25) is 15.1 Å². The summed E-state index contributed by atoms with van der Waals surface area (Å²) in [6.07, 6.45) is 3.86. The fraction of sp³-hybridized carbons (Fsp3) is 0.389. The van der Waals surface area contributed by atoms with Crippen LogP contribution in [0.4, 0.5) is 17.3 Å². The van der Waals surface area contributed by atoms with Crippen molar-refractivity contribution in [1.82, 2.24) is 19.5 Å². The summed E-state index contributed by atoms with van der Waals surface area (Å²) in [5.41, 5.74) is 1.47. The molecule has 0 amide bonds. The van der Waals surface area contributed by atoms with Crippen molar-refractivity contribution in [3.63, 3.8) is 0 Å². The Hall–Kier alpha value is -3.27. The minimum atomic E-state index is -0.460. The molecule has 0 aliphatic carbocycles. The minimum Gasteiger partial charge on any atom is -0.394 e. The second kappa shape index (κ2) is 8.61. The Labute approximate surface area is 161 Å². The highest BCUT2D eigenvalue weighted by molar-refractivity contribution is 5.97. The molecule has 28 heavy (non-hydrogen) atoms. The van der Waals surface area contributed by atoms with Gasteiger partial charge < -0.3 is 20.3 Å². The minimum absolute atomic E-state index is 0.108. The van der Waals surface area contributed by atoms with E-state index in [1.54, 1.807) is 17.1 Å². The highest BCUT2D eigenvalue weighted by atomic mass is 16.6. The smallest absolute Gasteiger partial charge is 0.337 e. The molecule has 0 radical (unpaired) electrons. The first-order chi connectivity index (χ1) is 13.6. The van der Waals surface area contributed by atoms with E-state index in [1.807, 2.05) is 32.0 Å². The van der Waals surface area contributed by atoms with Gasteiger partial charge in [-0.2, -0.15) is 0 Å². The maximum Gasteiger partial charge on any atom is 0.337 e. The fourth-order valence-electron chi connectivity index (χ4n) is 2.92. The van der Waals surface area contributed by atoms with Crippen LogP contribution >= 0.6 is 0 Å². The van der Waals surface area contributed by atoms with Gasteiger partial charge in [-0.1, -0.05) is 13.0 Å². The van der Waals surface area contributed by atoms with Gasteiger partial charge in [0, 0.05) is 12.7 Å². The zero-order valence-corrected chi connectivity index (χ0v) is 15.8. The summed E-state index contributed by atoms with van der Waals surface area (Å²) in [4.78, 5) is 24.4. The molecule has 0 aliphatic heterocycles. The van der Waals surface area contributed by atoms with E-state index in [0.29, 0.717) is 36.4 Å². The second-order valence-electron chi connectivity index (χ2n) is 6.25. The highest BCUT2D eigenvalue weighted by Gasteiger charge is 2.28. The molecule has 10 nitrogen and oxygen atoms in total. The standard InChI is InChI=1S/C18H23N7O3/c1-3-12(10-26)22-18-16(25(27)28)15-14(21-11-24(15)4-2)17(23-18)20-9-13-7-5-6-8-19-13/h5-8,11-12,26H,3-4,9-10H2,1-2H3,(H2,20,22,23). The van der Waals surface area contributed by atoms with E-state index in [4.69, 9.17) is 0 Å². The number of nitro groups is 1. The zero-order valence-electron chi connectivity index (χ0n) is 15.8. The molecular weight excluding hydrogens is 362 g/mol. The van der Waals surface area contributed by atoms with Crippen LogP contribution in [0.15, 0.2) is 30.7 Å². The third-order valence-corrected chi connectivity index (χ3v) is 4.47. The van der Waals surface area contributed by atoms with Crippen molar-refractivity contribution < 1.29 is 10.0 Å². The molecule has 0 saturated heterocycles. The topological polar surface area (TPSA) is 131 Å². The molecule has 0 bridgehead atoms. The van der Waals surface area contributed by atoms with Gasteiger partial charge in [-0.05, 0) is 25.5 Å². The summed E-state index contributed by atoms with van der Waals surface area (Å²) in [6, 6.07) is 5.24. The van der Waals surface area contributed by atoms with Gasteiger partial charge >= 0.3 is 5.69 Å². The number of aromatic nitrogens is 4. The summed E-state index contributed by atoms with van der Waals surface area (Å²) >= 11 is 0. The van der Waals surface area contributed by atoms with E-state index < -0.39 is 4.92 Å². The van der Waals surface area contributed by atoms with Crippen LogP contribution in [0.3, 0.4) is 0 Å². The van der Waals surface area contributed by atoms with Gasteiger partial charge in [0.05, 0.1) is 36.1 Å². The van der Waals surface area contributed by atoms with Gasteiger partial charge in [0.1, 0.15) is 5.52 Å². The van der Waals surface area contributed by atoms with Gasteiger partial charge in [0.2, 0.25) is 5.82 Å². The molecule has 1 atom stereocenters. The molecule has 10 heteroatoms. The Kier molecular flexibility index (Phi) is 5.99. The lowest BCUT2D eigenvalue weighted by Crippen LogP contribution is -2.24. The normalized spacial score (nSPS) is 12.1. The molecule has 3 aromatic heterocycles. The van der Waals surface area contributed by atoms with Crippen LogP contribution in [-0.4, -0.2) is 42.2 Å². The van der Waals surface area contributed by atoms with Crippen molar-refractivity contribution in [3.8, 4) is 0 Å². The molecule has 3 N–H and O–H groups in total. The Bertz CT molecular complexity index is 955. The number of nitrogens with one attached hydrogen (secondary N) is 2. The van der Waals surface area contributed by atoms with Gasteiger partial charge in [0.15, 0.2) is 11.3 Å². The van der Waals surface area contributed by atoms with Gasteiger partial charge in [-0.25, -0.2) is 9.97 Å². The van der Waals surface area contributed by atoms with Crippen LogP contribution in [0.25, 0.3) is 11.0 Å². The number of anilines is 2. The van der Waals surface area contributed by atoms with E-state index in [9.17, 15) is 15.2 Å². The number of hydrogen-bond acceptors (Lipinski definition) is 8. The Morgan fingerprint density at radius 3 is 2.71 bits per heavy atom. The molecule has 0 spiro atoms. The molecule has 148 valence electrons. The number of imidazole rings is 1. The van der Waals surface area contributed by atoms with E-state index in [0.717, 1.165) is 5.69 Å². The van der Waals surface area contributed by atoms with Gasteiger partial charge in [-0.15, -0.1) is 0 Å². The van der Waals surface area contributed by atoms with Crippen molar-refractivity contribution in [2.45, 2.75) is 39.4 Å². The summed E-state index contributed by atoms with van der Waals surface area (Å²) in [5, 5.41) is 27.5. The van der Waals surface area contributed by atoms with Gasteiger partial charge in [0.25, 0.3) is 0 Å². The van der Waals surface area contributed by atoms with Crippen LogP contribution in [-0.2, 0) is 13.1 Å². The largest absolute Gasteiger partial charge is 0.394 e. The van der Waals surface area contributed by atoms with Crippen molar-refractivity contribution >= 4 is 28.4 Å². The van der Waals surface area contributed by atoms with Crippen molar-refractivity contribution in [2.24, 2.45) is 0 Å². The maximum atomic E-state index is 11.8. The summed E-state index contributed by atoms with van der Waals surface area (Å²) in [5.74, 6) is 0.533. The van der Waals surface area contributed by atoms with Crippen LogP contribution < -0.4 is 10.6 Å². The molecule has 0 saturated carbocycles. The molecule has 0 fully saturated rings. The SMILES string of the molecule is CCC(CO)Nc1nc(NCc2ccccn2)c2ncn(CC)c2c1[N+](=O)[O-]. The van der Waals surface area contributed by atoms with E-state index in [-0.39, 0.29) is 24.2 Å². The van der Waals surface area contributed by atoms with Crippen LogP contribution in [0, 0.1) is 10.1 Å².